The van der Waals surface area contributed by atoms with Gasteiger partial charge in [-0.2, -0.15) is 13.2 Å². The molecule has 0 radical (unpaired) electrons. The summed E-state index contributed by atoms with van der Waals surface area (Å²) in [6.45, 7) is 2.16. The highest BCUT2D eigenvalue weighted by atomic mass is 19.4. The summed E-state index contributed by atoms with van der Waals surface area (Å²) in [6, 6.07) is 2.65. The molecule has 0 bridgehead atoms. The van der Waals surface area contributed by atoms with Crippen molar-refractivity contribution in [2.45, 2.75) is 13.1 Å². The summed E-state index contributed by atoms with van der Waals surface area (Å²) in [6.07, 6.45) is -3.81. The number of alkyl halides is 3. The van der Waals surface area contributed by atoms with Crippen LogP contribution in [0.4, 0.5) is 18.9 Å². The number of carbonyl (C=O) groups excluding carboxylic acids is 1. The van der Waals surface area contributed by atoms with Gasteiger partial charge in [-0.05, 0) is 13.0 Å². The van der Waals surface area contributed by atoms with Crippen LogP contribution in [0.15, 0.2) is 18.3 Å². The first-order chi connectivity index (χ1) is 7.43. The van der Waals surface area contributed by atoms with Gasteiger partial charge < -0.3 is 10.1 Å². The maximum Gasteiger partial charge on any atom is 0.471 e. The van der Waals surface area contributed by atoms with Crippen molar-refractivity contribution in [3.63, 3.8) is 0 Å². The molecule has 4 nitrogen and oxygen atoms in total. The number of hydrogen-bond donors (Lipinski definition) is 1. The van der Waals surface area contributed by atoms with E-state index >= 15 is 0 Å². The van der Waals surface area contributed by atoms with Crippen molar-refractivity contribution in [2.24, 2.45) is 0 Å². The normalized spacial score (nSPS) is 11.0. The fourth-order valence-electron chi connectivity index (χ4n) is 0.889. The highest BCUT2D eigenvalue weighted by molar-refractivity contribution is 5.94. The molecule has 0 unspecified atom stereocenters. The van der Waals surface area contributed by atoms with Crippen molar-refractivity contribution in [3.8, 4) is 5.88 Å². The van der Waals surface area contributed by atoms with Gasteiger partial charge in [-0.15, -0.1) is 0 Å². The van der Waals surface area contributed by atoms with Gasteiger partial charge in [0, 0.05) is 6.07 Å². The number of nitrogens with one attached hydrogen (secondary N) is 1. The minimum Gasteiger partial charge on any atom is -0.478 e. The molecule has 0 saturated carbocycles. The van der Waals surface area contributed by atoms with Gasteiger partial charge >= 0.3 is 12.1 Å². The maximum atomic E-state index is 11.9. The van der Waals surface area contributed by atoms with E-state index in [9.17, 15) is 18.0 Å². The second kappa shape index (κ2) is 4.82. The molecule has 0 spiro atoms. The van der Waals surface area contributed by atoms with Gasteiger partial charge in [-0.25, -0.2) is 4.98 Å². The largest absolute Gasteiger partial charge is 0.478 e. The van der Waals surface area contributed by atoms with Crippen LogP contribution in [0.3, 0.4) is 0 Å². The molecule has 1 rings (SSSR count). The summed E-state index contributed by atoms with van der Waals surface area (Å²) < 4.78 is 40.6. The minimum absolute atomic E-state index is 0.0363. The van der Waals surface area contributed by atoms with E-state index in [4.69, 9.17) is 4.74 Å². The number of aromatic nitrogens is 1. The van der Waals surface area contributed by atoms with Gasteiger partial charge in [0.2, 0.25) is 5.88 Å². The number of nitrogens with zero attached hydrogens (tertiary/aromatic N) is 1. The lowest BCUT2D eigenvalue weighted by molar-refractivity contribution is -0.167. The SMILES string of the molecule is CCOc1ccc(NC(=O)C(F)(F)F)cn1. The van der Waals surface area contributed by atoms with Crippen molar-refractivity contribution in [1.29, 1.82) is 0 Å². The molecular formula is C9H9F3N2O2. The van der Waals surface area contributed by atoms with Crippen molar-refractivity contribution in [3.05, 3.63) is 18.3 Å². The molecule has 1 N–H and O–H groups in total. The van der Waals surface area contributed by atoms with E-state index in [0.29, 0.717) is 6.61 Å². The zero-order valence-corrected chi connectivity index (χ0v) is 8.34. The third kappa shape index (κ3) is 3.41. The van der Waals surface area contributed by atoms with Crippen molar-refractivity contribution in [1.82, 2.24) is 4.98 Å². The molecule has 0 aliphatic rings. The first-order valence-corrected chi connectivity index (χ1v) is 4.40. The summed E-state index contributed by atoms with van der Waals surface area (Å²) in [7, 11) is 0. The van der Waals surface area contributed by atoms with Crippen LogP contribution in [0.5, 0.6) is 5.88 Å². The van der Waals surface area contributed by atoms with Gasteiger partial charge in [-0.3, -0.25) is 4.79 Å². The molecule has 0 saturated heterocycles. The second-order valence-corrected chi connectivity index (χ2v) is 2.77. The predicted octanol–water partition coefficient (Wildman–Crippen LogP) is 1.98. The summed E-state index contributed by atoms with van der Waals surface area (Å²) in [5.41, 5.74) is -0.0363. The van der Waals surface area contributed by atoms with Crippen LogP contribution < -0.4 is 10.1 Å². The Morgan fingerprint density at radius 2 is 2.19 bits per heavy atom. The highest BCUT2D eigenvalue weighted by Crippen LogP contribution is 2.18. The summed E-state index contributed by atoms with van der Waals surface area (Å²) >= 11 is 0. The zero-order chi connectivity index (χ0) is 12.2. The number of anilines is 1. The average Bonchev–Trinajstić information content (AvgIpc) is 2.20. The number of amides is 1. The molecule has 1 aromatic rings. The molecule has 88 valence electrons. The molecule has 1 aromatic heterocycles. The maximum absolute atomic E-state index is 11.9. The minimum atomic E-state index is -4.90. The molecule has 0 aromatic carbocycles. The third-order valence-electron chi connectivity index (χ3n) is 1.54. The van der Waals surface area contributed by atoms with E-state index in [2.05, 4.69) is 4.98 Å². The Morgan fingerprint density at radius 1 is 1.50 bits per heavy atom. The lowest BCUT2D eigenvalue weighted by Crippen LogP contribution is -2.29. The summed E-state index contributed by atoms with van der Waals surface area (Å²) in [5, 5.41) is 1.67. The number of ether oxygens (including phenoxy) is 1. The van der Waals surface area contributed by atoms with Crippen LogP contribution in [-0.4, -0.2) is 23.7 Å². The van der Waals surface area contributed by atoms with Crippen molar-refractivity contribution >= 4 is 11.6 Å². The van der Waals surface area contributed by atoms with E-state index in [-0.39, 0.29) is 11.6 Å². The summed E-state index contributed by atoms with van der Waals surface area (Å²) in [5.74, 6) is -1.74. The first-order valence-electron chi connectivity index (χ1n) is 4.40. The molecule has 0 aliphatic heterocycles. The van der Waals surface area contributed by atoms with E-state index < -0.39 is 12.1 Å². The van der Waals surface area contributed by atoms with Crippen LogP contribution in [0.25, 0.3) is 0 Å². The topological polar surface area (TPSA) is 51.2 Å². The Labute approximate surface area is 89.4 Å². The number of halogens is 3. The second-order valence-electron chi connectivity index (χ2n) is 2.77. The van der Waals surface area contributed by atoms with Gasteiger partial charge in [0.05, 0.1) is 18.5 Å². The van der Waals surface area contributed by atoms with Crippen LogP contribution in [-0.2, 0) is 4.79 Å². The Kier molecular flexibility index (Phi) is 3.70. The first kappa shape index (κ1) is 12.3. The fraction of sp³-hybridized carbons (Fsp3) is 0.333. The lowest BCUT2D eigenvalue weighted by atomic mass is 10.4. The lowest BCUT2D eigenvalue weighted by Gasteiger charge is -2.08. The average molecular weight is 234 g/mol. The Bertz CT molecular complexity index is 362. The number of carbonyl (C=O) groups is 1. The monoisotopic (exact) mass is 234 g/mol. The molecule has 1 amide bonds. The molecule has 7 heteroatoms. The molecule has 16 heavy (non-hydrogen) atoms. The van der Waals surface area contributed by atoms with Crippen LogP contribution in [0.2, 0.25) is 0 Å². The highest BCUT2D eigenvalue weighted by Gasteiger charge is 2.38. The third-order valence-corrected chi connectivity index (χ3v) is 1.54. The van der Waals surface area contributed by atoms with E-state index in [1.54, 1.807) is 12.2 Å². The molecule has 0 aliphatic carbocycles. The van der Waals surface area contributed by atoms with Gasteiger partial charge in [0.15, 0.2) is 0 Å². The molecule has 0 atom stereocenters. The molecular weight excluding hydrogens is 225 g/mol. The standard InChI is InChI=1S/C9H9F3N2O2/c1-2-16-7-4-3-6(5-13-7)14-8(15)9(10,11)12/h3-5H,2H2,1H3,(H,14,15). The smallest absolute Gasteiger partial charge is 0.471 e. The Hall–Kier alpha value is -1.79. The van der Waals surface area contributed by atoms with Gasteiger partial charge in [0.1, 0.15) is 0 Å². The van der Waals surface area contributed by atoms with E-state index in [1.165, 1.54) is 12.1 Å². The van der Waals surface area contributed by atoms with Crippen LogP contribution >= 0.6 is 0 Å². The van der Waals surface area contributed by atoms with Crippen LogP contribution in [0, 0.1) is 0 Å². The quantitative estimate of drug-likeness (QED) is 0.869. The molecule has 1 heterocycles. The predicted molar refractivity (Wildman–Crippen MR) is 50.1 cm³/mol. The number of hydrogen-bond acceptors (Lipinski definition) is 3. The zero-order valence-electron chi connectivity index (χ0n) is 8.34. The van der Waals surface area contributed by atoms with E-state index in [1.807, 2.05) is 0 Å². The number of rotatable bonds is 3. The molecule has 0 fully saturated rings. The Balaban J connectivity index is 2.65. The van der Waals surface area contributed by atoms with Gasteiger partial charge in [-0.1, -0.05) is 0 Å². The van der Waals surface area contributed by atoms with Crippen molar-refractivity contribution in [2.75, 3.05) is 11.9 Å². The number of pyridine rings is 1. The summed E-state index contributed by atoms with van der Waals surface area (Å²) in [4.78, 5) is 14.2. The van der Waals surface area contributed by atoms with Crippen LogP contribution in [0.1, 0.15) is 6.92 Å². The Morgan fingerprint density at radius 3 is 2.62 bits per heavy atom. The fourth-order valence-corrected chi connectivity index (χ4v) is 0.889. The van der Waals surface area contributed by atoms with Gasteiger partial charge in [0.25, 0.3) is 0 Å². The van der Waals surface area contributed by atoms with Crippen molar-refractivity contribution < 1.29 is 22.7 Å². The van der Waals surface area contributed by atoms with E-state index in [0.717, 1.165) is 6.20 Å².